The van der Waals surface area contributed by atoms with E-state index < -0.39 is 0 Å². The van der Waals surface area contributed by atoms with Crippen molar-refractivity contribution in [3.05, 3.63) is 0 Å². The van der Waals surface area contributed by atoms with Crippen LogP contribution in [-0.4, -0.2) is 29.3 Å². The van der Waals surface area contributed by atoms with Crippen molar-refractivity contribution in [2.24, 2.45) is 5.92 Å². The summed E-state index contributed by atoms with van der Waals surface area (Å²) in [6, 6.07) is 0. The largest absolute Gasteiger partial charge is 0.356 e. The van der Waals surface area contributed by atoms with Crippen molar-refractivity contribution in [3.63, 3.8) is 0 Å². The van der Waals surface area contributed by atoms with E-state index in [0.717, 1.165) is 12.3 Å². The van der Waals surface area contributed by atoms with Crippen molar-refractivity contribution in [1.29, 1.82) is 0 Å². The lowest BCUT2D eigenvalue weighted by molar-refractivity contribution is -0.120. The molecule has 4 heteroatoms. The van der Waals surface area contributed by atoms with E-state index in [2.05, 4.69) is 21.2 Å². The highest BCUT2D eigenvalue weighted by Gasteiger charge is 2.19. The van der Waals surface area contributed by atoms with Gasteiger partial charge in [-0.1, -0.05) is 15.9 Å². The van der Waals surface area contributed by atoms with Crippen LogP contribution in [0.4, 0.5) is 0 Å². The number of hydrogen-bond donors (Lipinski definition) is 1. The Balaban J connectivity index is 2.06. The zero-order valence-electron chi connectivity index (χ0n) is 9.30. The molecule has 1 rings (SSSR count). The molecule has 2 nitrogen and oxygen atoms in total. The van der Waals surface area contributed by atoms with Gasteiger partial charge >= 0.3 is 0 Å². The predicted molar refractivity (Wildman–Crippen MR) is 70.7 cm³/mol. The molecule has 0 aromatic heterocycles. The Kier molecular flexibility index (Phi) is 6.73. The first kappa shape index (κ1) is 13.4. The maximum atomic E-state index is 11.4. The predicted octanol–water partition coefficient (Wildman–Crippen LogP) is 2.81. The molecule has 0 aromatic rings. The summed E-state index contributed by atoms with van der Waals surface area (Å²) in [5, 5.41) is 3.03. The molecule has 1 aliphatic rings. The van der Waals surface area contributed by atoms with Crippen molar-refractivity contribution >= 4 is 33.6 Å². The number of halogens is 1. The highest BCUT2D eigenvalue weighted by molar-refractivity contribution is 9.09. The molecule has 0 saturated heterocycles. The minimum Gasteiger partial charge on any atom is -0.356 e. The van der Waals surface area contributed by atoms with E-state index in [1.165, 1.54) is 25.7 Å². The van der Waals surface area contributed by atoms with Crippen LogP contribution in [0.15, 0.2) is 0 Å². The molecule has 0 aromatic carbocycles. The maximum Gasteiger partial charge on any atom is 0.220 e. The second kappa shape index (κ2) is 7.55. The Bertz CT molecular complexity index is 193. The molecule has 1 saturated carbocycles. The molecule has 1 N–H and O–H groups in total. The van der Waals surface area contributed by atoms with Gasteiger partial charge in [0.25, 0.3) is 0 Å². The van der Waals surface area contributed by atoms with E-state index >= 15 is 0 Å². The second-order valence-corrected chi connectivity index (χ2v) is 6.45. The first-order valence-electron chi connectivity index (χ1n) is 5.62. The molecule has 0 atom stereocenters. The lowest BCUT2D eigenvalue weighted by Crippen LogP contribution is -2.31. The fraction of sp³-hybridized carbons (Fsp3) is 0.909. The van der Waals surface area contributed by atoms with E-state index in [-0.39, 0.29) is 5.91 Å². The minimum atomic E-state index is 0.213. The molecule has 0 unspecified atom stereocenters. The van der Waals surface area contributed by atoms with Gasteiger partial charge in [0, 0.05) is 23.5 Å². The summed E-state index contributed by atoms with van der Waals surface area (Å²) in [6.07, 6.45) is 7.70. The third-order valence-corrected chi connectivity index (χ3v) is 4.43. The van der Waals surface area contributed by atoms with E-state index in [1.807, 2.05) is 6.26 Å². The second-order valence-electron chi connectivity index (χ2n) is 4.16. The van der Waals surface area contributed by atoms with Crippen LogP contribution in [0.1, 0.15) is 32.1 Å². The van der Waals surface area contributed by atoms with E-state index in [0.29, 0.717) is 17.2 Å². The minimum absolute atomic E-state index is 0.213. The van der Waals surface area contributed by atoms with Crippen LogP contribution in [-0.2, 0) is 4.79 Å². The van der Waals surface area contributed by atoms with Crippen molar-refractivity contribution < 1.29 is 4.79 Å². The number of carbonyl (C=O) groups excluding carboxylic acids is 1. The van der Waals surface area contributed by atoms with Crippen molar-refractivity contribution in [1.82, 2.24) is 5.32 Å². The summed E-state index contributed by atoms with van der Waals surface area (Å²) in [6.45, 7) is 0.882. The van der Waals surface area contributed by atoms with Crippen LogP contribution in [0.3, 0.4) is 0 Å². The normalized spacial score (nSPS) is 26.3. The highest BCUT2D eigenvalue weighted by atomic mass is 79.9. The zero-order valence-corrected chi connectivity index (χ0v) is 11.7. The van der Waals surface area contributed by atoms with Gasteiger partial charge < -0.3 is 5.32 Å². The number of carbonyl (C=O) groups is 1. The number of rotatable bonds is 5. The highest BCUT2D eigenvalue weighted by Crippen LogP contribution is 2.28. The van der Waals surface area contributed by atoms with E-state index in [1.54, 1.807) is 11.8 Å². The summed E-state index contributed by atoms with van der Waals surface area (Å²) >= 11 is 5.36. The first-order chi connectivity index (χ1) is 7.22. The Morgan fingerprint density at radius 1 is 1.40 bits per heavy atom. The molecule has 0 radical (unpaired) electrons. The topological polar surface area (TPSA) is 29.1 Å². The maximum absolute atomic E-state index is 11.4. The van der Waals surface area contributed by atoms with Gasteiger partial charge in [-0.05, 0) is 37.9 Å². The lowest BCUT2D eigenvalue weighted by Gasteiger charge is -2.25. The monoisotopic (exact) mass is 293 g/mol. The average molecular weight is 294 g/mol. The van der Waals surface area contributed by atoms with Crippen molar-refractivity contribution in [2.45, 2.75) is 36.9 Å². The molecular weight excluding hydrogens is 274 g/mol. The van der Waals surface area contributed by atoms with Crippen LogP contribution >= 0.6 is 27.7 Å². The van der Waals surface area contributed by atoms with Gasteiger partial charge in [0.2, 0.25) is 5.91 Å². The number of amides is 1. The molecule has 0 heterocycles. The molecule has 0 spiro atoms. The van der Waals surface area contributed by atoms with Gasteiger partial charge in [-0.25, -0.2) is 0 Å². The molecule has 0 bridgehead atoms. The first-order valence-corrected chi connectivity index (χ1v) is 7.93. The van der Waals surface area contributed by atoms with Gasteiger partial charge in [0.1, 0.15) is 0 Å². The van der Waals surface area contributed by atoms with Crippen molar-refractivity contribution in [2.75, 3.05) is 18.6 Å². The Morgan fingerprint density at radius 2 is 2.07 bits per heavy atom. The summed E-state index contributed by atoms with van der Waals surface area (Å²) < 4.78 is 0. The fourth-order valence-corrected chi connectivity index (χ4v) is 2.79. The third kappa shape index (κ3) is 5.81. The number of alkyl halides is 1. The van der Waals surface area contributed by atoms with Crippen molar-refractivity contribution in [3.8, 4) is 0 Å². The summed E-state index contributed by atoms with van der Waals surface area (Å²) in [5.74, 6) is 1.85. The lowest BCUT2D eigenvalue weighted by atomic mass is 9.89. The van der Waals surface area contributed by atoms with Crippen LogP contribution < -0.4 is 5.32 Å². The number of thioether (sulfide) groups is 1. The summed E-state index contributed by atoms with van der Waals surface area (Å²) in [4.78, 5) is 12.1. The molecule has 0 aliphatic heterocycles. The summed E-state index contributed by atoms with van der Waals surface area (Å²) in [7, 11) is 0. The quantitative estimate of drug-likeness (QED) is 0.790. The molecule has 88 valence electrons. The van der Waals surface area contributed by atoms with Crippen LogP contribution in [0.5, 0.6) is 0 Å². The Hall–Kier alpha value is 0.300. The Morgan fingerprint density at radius 3 is 2.67 bits per heavy atom. The standard InChI is InChI=1S/C11H20BrNOS/c1-15-7-6-11(14)13-8-9-2-4-10(12)5-3-9/h9-10H,2-8H2,1H3,(H,13,14). The van der Waals surface area contributed by atoms with Crippen LogP contribution in [0.2, 0.25) is 0 Å². The number of nitrogens with one attached hydrogen (secondary N) is 1. The van der Waals surface area contributed by atoms with Gasteiger partial charge in [-0.15, -0.1) is 0 Å². The van der Waals surface area contributed by atoms with Gasteiger partial charge in [0.15, 0.2) is 0 Å². The van der Waals surface area contributed by atoms with Gasteiger partial charge in [-0.3, -0.25) is 4.79 Å². The Labute approximate surface area is 105 Å². The average Bonchev–Trinajstić information content (AvgIpc) is 2.25. The molecule has 1 fully saturated rings. The molecule has 1 amide bonds. The fourth-order valence-electron chi connectivity index (χ4n) is 1.87. The number of hydrogen-bond acceptors (Lipinski definition) is 2. The third-order valence-electron chi connectivity index (χ3n) is 2.90. The SMILES string of the molecule is CSCCC(=O)NCC1CCC(Br)CC1. The van der Waals surface area contributed by atoms with Gasteiger partial charge in [0.05, 0.1) is 0 Å². The van der Waals surface area contributed by atoms with Gasteiger partial charge in [-0.2, -0.15) is 11.8 Å². The van der Waals surface area contributed by atoms with Crippen LogP contribution in [0.25, 0.3) is 0 Å². The van der Waals surface area contributed by atoms with Crippen LogP contribution in [0, 0.1) is 5.92 Å². The molecular formula is C11H20BrNOS. The van der Waals surface area contributed by atoms with E-state index in [4.69, 9.17) is 0 Å². The smallest absolute Gasteiger partial charge is 0.220 e. The summed E-state index contributed by atoms with van der Waals surface area (Å²) in [5.41, 5.74) is 0. The van der Waals surface area contributed by atoms with E-state index in [9.17, 15) is 4.79 Å². The molecule has 1 aliphatic carbocycles. The molecule has 15 heavy (non-hydrogen) atoms. The zero-order chi connectivity index (χ0) is 11.1.